The van der Waals surface area contributed by atoms with Gasteiger partial charge in [0.1, 0.15) is 12.0 Å². The fourth-order valence-electron chi connectivity index (χ4n) is 3.82. The molecule has 1 heterocycles. The van der Waals surface area contributed by atoms with Crippen LogP contribution in [0.1, 0.15) is 41.5 Å². The zero-order chi connectivity index (χ0) is 20.4. The van der Waals surface area contributed by atoms with Gasteiger partial charge in [0.05, 0.1) is 0 Å². The van der Waals surface area contributed by atoms with E-state index in [1.54, 1.807) is 11.8 Å². The SMILES string of the molecule is Cc1cc(C)c(C2C(=O)CC(C(C)CSc3ccc(I)cc3)OC2=O)c(C)c1. The maximum atomic E-state index is 12.9. The first-order valence-electron chi connectivity index (χ1n) is 9.45. The number of ketones is 1. The molecule has 0 aromatic heterocycles. The Morgan fingerprint density at radius 1 is 1.11 bits per heavy atom. The van der Waals surface area contributed by atoms with Gasteiger partial charge in [0, 0.05) is 26.6 Å². The van der Waals surface area contributed by atoms with Gasteiger partial charge in [-0.15, -0.1) is 11.8 Å². The number of carbonyl (C=O) groups is 2. The van der Waals surface area contributed by atoms with Crippen molar-refractivity contribution in [1.82, 2.24) is 0 Å². The molecule has 148 valence electrons. The summed E-state index contributed by atoms with van der Waals surface area (Å²) in [6.07, 6.45) is -0.0592. The Morgan fingerprint density at radius 2 is 1.71 bits per heavy atom. The third kappa shape index (κ3) is 4.79. The molecule has 0 bridgehead atoms. The molecule has 2 aromatic rings. The molecule has 3 nitrogen and oxygen atoms in total. The van der Waals surface area contributed by atoms with Crippen LogP contribution < -0.4 is 0 Å². The molecule has 28 heavy (non-hydrogen) atoms. The van der Waals surface area contributed by atoms with Gasteiger partial charge in [-0.3, -0.25) is 9.59 Å². The van der Waals surface area contributed by atoms with Crippen LogP contribution in [0.4, 0.5) is 0 Å². The summed E-state index contributed by atoms with van der Waals surface area (Å²) in [6.45, 7) is 7.99. The number of rotatable bonds is 5. The summed E-state index contributed by atoms with van der Waals surface area (Å²) >= 11 is 4.02. The van der Waals surface area contributed by atoms with E-state index < -0.39 is 11.9 Å². The largest absolute Gasteiger partial charge is 0.461 e. The van der Waals surface area contributed by atoms with Crippen LogP contribution in [-0.2, 0) is 14.3 Å². The molecular formula is C23H25IO3S. The van der Waals surface area contributed by atoms with Gasteiger partial charge < -0.3 is 4.74 Å². The third-order valence-corrected chi connectivity index (χ3v) is 7.23. The first kappa shape index (κ1) is 21.4. The van der Waals surface area contributed by atoms with Crippen molar-refractivity contribution >= 4 is 46.1 Å². The van der Waals surface area contributed by atoms with Gasteiger partial charge in [-0.1, -0.05) is 24.6 Å². The zero-order valence-corrected chi connectivity index (χ0v) is 19.6. The van der Waals surface area contributed by atoms with E-state index in [-0.39, 0.29) is 24.2 Å². The van der Waals surface area contributed by atoms with Crippen molar-refractivity contribution in [3.8, 4) is 0 Å². The van der Waals surface area contributed by atoms with Gasteiger partial charge in [-0.25, -0.2) is 0 Å². The molecule has 0 aliphatic carbocycles. The van der Waals surface area contributed by atoms with E-state index in [0.29, 0.717) is 0 Å². The number of cyclic esters (lactones) is 1. The van der Waals surface area contributed by atoms with Gasteiger partial charge in [-0.2, -0.15) is 0 Å². The molecule has 0 amide bonds. The highest BCUT2D eigenvalue weighted by Crippen LogP contribution is 2.35. The Morgan fingerprint density at radius 3 is 2.29 bits per heavy atom. The Labute approximate surface area is 184 Å². The van der Waals surface area contributed by atoms with Crippen LogP contribution in [0.5, 0.6) is 0 Å². The van der Waals surface area contributed by atoms with Crippen LogP contribution in [0, 0.1) is 30.3 Å². The van der Waals surface area contributed by atoms with Gasteiger partial charge in [-0.05, 0) is 84.3 Å². The predicted octanol–water partition coefficient (Wildman–Crippen LogP) is 5.61. The van der Waals surface area contributed by atoms with E-state index in [1.807, 2.05) is 39.8 Å². The van der Waals surface area contributed by atoms with Crippen molar-refractivity contribution in [1.29, 1.82) is 0 Å². The molecule has 3 atom stereocenters. The van der Waals surface area contributed by atoms with Crippen LogP contribution in [-0.4, -0.2) is 23.6 Å². The second kappa shape index (κ2) is 8.99. The van der Waals surface area contributed by atoms with E-state index in [4.69, 9.17) is 4.74 Å². The van der Waals surface area contributed by atoms with E-state index in [9.17, 15) is 9.59 Å². The minimum atomic E-state index is -0.784. The summed E-state index contributed by atoms with van der Waals surface area (Å²) in [5.41, 5.74) is 3.91. The summed E-state index contributed by atoms with van der Waals surface area (Å²) in [6, 6.07) is 12.4. The number of ether oxygens (including phenoxy) is 1. The summed E-state index contributed by atoms with van der Waals surface area (Å²) in [5.74, 6) is -0.296. The molecular weight excluding hydrogens is 483 g/mol. The van der Waals surface area contributed by atoms with E-state index >= 15 is 0 Å². The van der Waals surface area contributed by atoms with Crippen LogP contribution in [0.25, 0.3) is 0 Å². The lowest BCUT2D eigenvalue weighted by molar-refractivity contribution is -0.162. The van der Waals surface area contributed by atoms with Gasteiger partial charge in [0.25, 0.3) is 0 Å². The topological polar surface area (TPSA) is 43.4 Å². The minimum absolute atomic E-state index is 0.0255. The van der Waals surface area contributed by atoms with Crippen molar-refractivity contribution in [2.45, 2.75) is 51.0 Å². The molecule has 0 saturated carbocycles. The standard InChI is InChI=1S/C23H25IO3S/c1-13-9-14(2)21(15(3)10-13)22-19(25)11-20(27-23(22)26)16(4)12-28-18-7-5-17(24)6-8-18/h5-10,16,20,22H,11-12H2,1-4H3. The van der Waals surface area contributed by atoms with Crippen molar-refractivity contribution in [3.63, 3.8) is 0 Å². The maximum absolute atomic E-state index is 12.9. The highest BCUT2D eigenvalue weighted by atomic mass is 127. The number of thioether (sulfide) groups is 1. The lowest BCUT2D eigenvalue weighted by Crippen LogP contribution is -2.41. The smallest absolute Gasteiger partial charge is 0.321 e. The highest BCUT2D eigenvalue weighted by Gasteiger charge is 2.41. The van der Waals surface area contributed by atoms with E-state index in [1.165, 1.54) is 8.47 Å². The zero-order valence-electron chi connectivity index (χ0n) is 16.6. The van der Waals surface area contributed by atoms with Crippen molar-refractivity contribution in [2.24, 2.45) is 5.92 Å². The van der Waals surface area contributed by atoms with Crippen molar-refractivity contribution < 1.29 is 14.3 Å². The fraction of sp³-hybridized carbons (Fsp3) is 0.391. The number of hydrogen-bond acceptors (Lipinski definition) is 4. The molecule has 3 unspecified atom stereocenters. The van der Waals surface area contributed by atoms with Gasteiger partial charge in [0.2, 0.25) is 0 Å². The summed E-state index contributed by atoms with van der Waals surface area (Å²) in [5, 5.41) is 0. The van der Waals surface area contributed by atoms with Gasteiger partial charge in [0.15, 0.2) is 5.78 Å². The average Bonchev–Trinajstić information content (AvgIpc) is 2.62. The molecule has 5 heteroatoms. The van der Waals surface area contributed by atoms with Crippen molar-refractivity contribution in [2.75, 3.05) is 5.75 Å². The van der Waals surface area contributed by atoms with Crippen LogP contribution in [0.3, 0.4) is 0 Å². The third-order valence-electron chi connectivity index (χ3n) is 5.22. The number of benzene rings is 2. The summed E-state index contributed by atoms with van der Waals surface area (Å²) < 4.78 is 6.96. The number of halogens is 1. The van der Waals surface area contributed by atoms with Crippen LogP contribution >= 0.6 is 34.4 Å². The van der Waals surface area contributed by atoms with Gasteiger partial charge >= 0.3 is 5.97 Å². The first-order chi connectivity index (χ1) is 13.3. The molecule has 0 radical (unpaired) electrons. The maximum Gasteiger partial charge on any atom is 0.321 e. The Bertz CT molecular complexity index is 850. The quantitative estimate of drug-likeness (QED) is 0.228. The summed E-state index contributed by atoms with van der Waals surface area (Å²) in [7, 11) is 0. The number of Topliss-reactive ketones (excluding diaryl/α,β-unsaturated/α-hetero) is 1. The lowest BCUT2D eigenvalue weighted by Gasteiger charge is -2.32. The second-order valence-electron chi connectivity index (χ2n) is 7.63. The molecule has 3 rings (SSSR count). The average molecular weight is 508 g/mol. The lowest BCUT2D eigenvalue weighted by atomic mass is 9.82. The molecule has 0 spiro atoms. The molecule has 1 aliphatic heterocycles. The Balaban J connectivity index is 1.68. The normalized spacial score (nSPS) is 20.8. The molecule has 2 aromatic carbocycles. The number of aryl methyl sites for hydroxylation is 3. The monoisotopic (exact) mass is 508 g/mol. The van der Waals surface area contributed by atoms with E-state index in [2.05, 4.69) is 46.9 Å². The number of esters is 1. The van der Waals surface area contributed by atoms with Crippen molar-refractivity contribution in [3.05, 3.63) is 62.2 Å². The fourth-order valence-corrected chi connectivity index (χ4v) is 5.17. The first-order valence-corrected chi connectivity index (χ1v) is 11.5. The molecule has 1 fully saturated rings. The Hall–Kier alpha value is -1.34. The Kier molecular flexibility index (Phi) is 6.86. The molecule has 1 saturated heterocycles. The number of hydrogen-bond donors (Lipinski definition) is 0. The minimum Gasteiger partial charge on any atom is -0.461 e. The highest BCUT2D eigenvalue weighted by molar-refractivity contribution is 14.1. The van der Waals surface area contributed by atoms with Crippen LogP contribution in [0.15, 0.2) is 41.3 Å². The molecule has 1 aliphatic rings. The predicted molar refractivity (Wildman–Crippen MR) is 122 cm³/mol. The number of carbonyl (C=O) groups excluding carboxylic acids is 2. The summed E-state index contributed by atoms with van der Waals surface area (Å²) in [4.78, 5) is 26.9. The second-order valence-corrected chi connectivity index (χ2v) is 9.97. The van der Waals surface area contributed by atoms with Crippen LogP contribution in [0.2, 0.25) is 0 Å². The molecule has 0 N–H and O–H groups in total. The van der Waals surface area contributed by atoms with E-state index in [0.717, 1.165) is 28.0 Å².